The Hall–Kier alpha value is -1.74. The Morgan fingerprint density at radius 3 is 2.52 bits per heavy atom. The zero-order valence-corrected chi connectivity index (χ0v) is 20.7. The van der Waals surface area contributed by atoms with Crippen molar-refractivity contribution in [3.05, 3.63) is 28.0 Å². The number of ether oxygens (including phenoxy) is 2. The lowest BCUT2D eigenvalue weighted by atomic mass is 10.2. The van der Waals surface area contributed by atoms with E-state index in [-0.39, 0.29) is 24.0 Å². The van der Waals surface area contributed by atoms with Crippen molar-refractivity contribution in [2.75, 3.05) is 26.5 Å². The molecule has 1 unspecified atom stereocenters. The Morgan fingerprint density at radius 1 is 1.29 bits per heavy atom. The maximum Gasteiger partial charge on any atom is 0.408 e. The normalized spacial score (nSPS) is 13.0. The maximum atomic E-state index is 14.6. The summed E-state index contributed by atoms with van der Waals surface area (Å²) in [6, 6.07) is 1.81. The summed E-state index contributed by atoms with van der Waals surface area (Å²) in [5.41, 5.74) is -0.304. The molecule has 0 saturated heterocycles. The van der Waals surface area contributed by atoms with Crippen molar-refractivity contribution in [2.24, 2.45) is 0 Å². The van der Waals surface area contributed by atoms with Crippen molar-refractivity contribution in [1.29, 1.82) is 0 Å². The van der Waals surface area contributed by atoms with Gasteiger partial charge >= 0.3 is 6.09 Å². The minimum Gasteiger partial charge on any atom is -0.488 e. The minimum absolute atomic E-state index is 0.109. The standard InChI is InChI=1S/C19H26ClFN3O5PS/c1-11-23-24-17(31-11)13-7-15(21)16(8-14(13)20)27-9-12(10-28-30(5,6)26)22-18(25)29-19(2,3)4/h7-8,12H,9-10H2,1-6H3,(H,22,25). The van der Waals surface area contributed by atoms with Crippen molar-refractivity contribution in [1.82, 2.24) is 15.5 Å². The maximum absolute atomic E-state index is 14.6. The smallest absolute Gasteiger partial charge is 0.408 e. The first-order valence-electron chi connectivity index (χ1n) is 9.35. The first-order chi connectivity index (χ1) is 14.2. The molecule has 0 radical (unpaired) electrons. The summed E-state index contributed by atoms with van der Waals surface area (Å²) in [6.07, 6.45) is -0.702. The molecule has 172 valence electrons. The summed E-state index contributed by atoms with van der Waals surface area (Å²) < 4.78 is 42.6. The van der Waals surface area contributed by atoms with E-state index in [1.807, 2.05) is 0 Å². The van der Waals surface area contributed by atoms with E-state index in [0.717, 1.165) is 5.01 Å². The van der Waals surface area contributed by atoms with E-state index in [2.05, 4.69) is 15.5 Å². The van der Waals surface area contributed by atoms with Crippen LogP contribution in [0, 0.1) is 12.7 Å². The molecule has 0 aliphatic rings. The number of alkyl carbamates (subject to hydrolysis) is 1. The van der Waals surface area contributed by atoms with Crippen LogP contribution in [-0.4, -0.2) is 54.5 Å². The molecule has 1 aromatic heterocycles. The van der Waals surface area contributed by atoms with E-state index in [9.17, 15) is 13.8 Å². The fourth-order valence-electron chi connectivity index (χ4n) is 2.27. The van der Waals surface area contributed by atoms with Gasteiger partial charge in [0, 0.05) is 25.0 Å². The first-order valence-corrected chi connectivity index (χ1v) is 13.1. The average molecular weight is 494 g/mol. The molecule has 12 heteroatoms. The number of aromatic nitrogens is 2. The van der Waals surface area contributed by atoms with E-state index in [1.165, 1.54) is 36.8 Å². The van der Waals surface area contributed by atoms with Gasteiger partial charge in [-0.2, -0.15) is 0 Å². The van der Waals surface area contributed by atoms with Crippen LogP contribution in [0.5, 0.6) is 5.75 Å². The van der Waals surface area contributed by atoms with Crippen molar-refractivity contribution in [2.45, 2.75) is 39.3 Å². The summed E-state index contributed by atoms with van der Waals surface area (Å²) in [5, 5.41) is 11.9. The number of amides is 1. The van der Waals surface area contributed by atoms with Crippen LogP contribution >= 0.6 is 30.3 Å². The Kier molecular flexibility index (Phi) is 8.44. The molecule has 1 N–H and O–H groups in total. The quantitative estimate of drug-likeness (QED) is 0.508. The molecule has 0 bridgehead atoms. The number of carbonyl (C=O) groups excluding carboxylic acids is 1. The van der Waals surface area contributed by atoms with Gasteiger partial charge in [0.25, 0.3) is 0 Å². The molecule has 8 nitrogen and oxygen atoms in total. The van der Waals surface area contributed by atoms with Crippen molar-refractivity contribution in [3.8, 4) is 16.3 Å². The van der Waals surface area contributed by atoms with Gasteiger partial charge in [-0.05, 0) is 33.8 Å². The SMILES string of the molecule is Cc1nnc(-c2cc(F)c(OCC(COP(C)(C)=O)NC(=O)OC(C)(C)C)cc2Cl)s1. The van der Waals surface area contributed by atoms with Gasteiger partial charge in [-0.3, -0.25) is 4.57 Å². The number of halogens is 2. The van der Waals surface area contributed by atoms with Crippen LogP contribution in [0.15, 0.2) is 12.1 Å². The molecule has 0 aliphatic carbocycles. The van der Waals surface area contributed by atoms with Gasteiger partial charge in [-0.25, -0.2) is 9.18 Å². The van der Waals surface area contributed by atoms with Crippen LogP contribution in [0.25, 0.3) is 10.6 Å². The van der Waals surface area contributed by atoms with Gasteiger partial charge in [0.05, 0.1) is 17.7 Å². The lowest BCUT2D eigenvalue weighted by Gasteiger charge is -2.24. The molecule has 0 fully saturated rings. The van der Waals surface area contributed by atoms with Crippen LogP contribution < -0.4 is 10.1 Å². The fraction of sp³-hybridized carbons (Fsp3) is 0.526. The molecule has 1 amide bonds. The number of hydrogen-bond donors (Lipinski definition) is 1. The second kappa shape index (κ2) is 10.3. The van der Waals surface area contributed by atoms with Gasteiger partial charge < -0.3 is 19.3 Å². The number of carbonyl (C=O) groups is 1. The third kappa shape index (κ3) is 8.73. The van der Waals surface area contributed by atoms with Crippen LogP contribution in [0.3, 0.4) is 0 Å². The van der Waals surface area contributed by atoms with E-state index in [4.69, 9.17) is 25.6 Å². The molecule has 1 atom stereocenters. The zero-order valence-electron chi connectivity index (χ0n) is 18.2. The topological polar surface area (TPSA) is 99.6 Å². The minimum atomic E-state index is -2.81. The summed E-state index contributed by atoms with van der Waals surface area (Å²) >= 11 is 7.57. The molecule has 0 spiro atoms. The molecule has 31 heavy (non-hydrogen) atoms. The van der Waals surface area contributed by atoms with Crippen molar-refractivity contribution >= 4 is 36.4 Å². The second-order valence-electron chi connectivity index (χ2n) is 8.09. The molecule has 2 rings (SSSR count). The molecule has 0 saturated carbocycles. The highest BCUT2D eigenvalue weighted by Crippen LogP contribution is 2.37. The van der Waals surface area contributed by atoms with E-state index >= 15 is 0 Å². The summed E-state index contributed by atoms with van der Waals surface area (Å²) in [7, 11) is -2.81. The number of benzene rings is 1. The third-order valence-corrected chi connectivity index (χ3v) is 5.48. The lowest BCUT2D eigenvalue weighted by molar-refractivity contribution is 0.0465. The predicted molar refractivity (Wildman–Crippen MR) is 119 cm³/mol. The summed E-state index contributed by atoms with van der Waals surface area (Å²) in [6.45, 7) is 9.58. The van der Waals surface area contributed by atoms with E-state index < -0.39 is 30.9 Å². The molecular weight excluding hydrogens is 468 g/mol. The summed E-state index contributed by atoms with van der Waals surface area (Å²) in [4.78, 5) is 12.1. The zero-order chi connectivity index (χ0) is 23.4. The number of nitrogens with zero attached hydrogens (tertiary/aromatic N) is 2. The Morgan fingerprint density at radius 2 is 1.97 bits per heavy atom. The van der Waals surface area contributed by atoms with Crippen LogP contribution in [0.2, 0.25) is 5.02 Å². The van der Waals surface area contributed by atoms with Crippen LogP contribution in [0.4, 0.5) is 9.18 Å². The lowest BCUT2D eigenvalue weighted by Crippen LogP contribution is -2.44. The van der Waals surface area contributed by atoms with Crippen LogP contribution in [0.1, 0.15) is 25.8 Å². The monoisotopic (exact) mass is 493 g/mol. The fourth-order valence-corrected chi connectivity index (χ4v) is 3.83. The number of hydrogen-bond acceptors (Lipinski definition) is 8. The molecule has 1 aromatic carbocycles. The van der Waals surface area contributed by atoms with Gasteiger partial charge in [0.2, 0.25) is 0 Å². The second-order valence-corrected chi connectivity index (χ2v) is 12.4. The van der Waals surface area contributed by atoms with Crippen molar-refractivity contribution < 1.29 is 27.7 Å². The third-order valence-electron chi connectivity index (χ3n) is 3.53. The number of nitrogens with one attached hydrogen (secondary N) is 1. The predicted octanol–water partition coefficient (Wildman–Crippen LogP) is 5.13. The first kappa shape index (κ1) is 25.5. The number of rotatable bonds is 8. The Bertz CT molecular complexity index is 976. The molecule has 2 aromatic rings. The average Bonchev–Trinajstić information content (AvgIpc) is 3.03. The van der Waals surface area contributed by atoms with E-state index in [0.29, 0.717) is 10.6 Å². The van der Waals surface area contributed by atoms with Gasteiger partial charge in [-0.1, -0.05) is 22.9 Å². The highest BCUT2D eigenvalue weighted by molar-refractivity contribution is 7.57. The van der Waals surface area contributed by atoms with E-state index in [1.54, 1.807) is 27.7 Å². The van der Waals surface area contributed by atoms with Gasteiger partial charge in [0.15, 0.2) is 18.9 Å². The van der Waals surface area contributed by atoms with Gasteiger partial charge in [-0.15, -0.1) is 10.2 Å². The molecule has 1 heterocycles. The Balaban J connectivity index is 2.12. The van der Waals surface area contributed by atoms with Gasteiger partial charge in [0.1, 0.15) is 22.2 Å². The van der Waals surface area contributed by atoms with Crippen LogP contribution in [-0.2, 0) is 13.8 Å². The Labute approximate surface area is 189 Å². The molecular formula is C19H26ClFN3O5PS. The summed E-state index contributed by atoms with van der Waals surface area (Å²) in [5.74, 6) is -0.761. The largest absolute Gasteiger partial charge is 0.488 e. The molecule has 0 aliphatic heterocycles. The van der Waals surface area contributed by atoms with Crippen molar-refractivity contribution in [3.63, 3.8) is 0 Å². The number of aryl methyl sites for hydroxylation is 1. The highest BCUT2D eigenvalue weighted by atomic mass is 35.5. The highest BCUT2D eigenvalue weighted by Gasteiger charge is 2.23.